The molecule has 0 spiro atoms. The minimum absolute atomic E-state index is 0.0395. The van der Waals surface area contributed by atoms with Crippen LogP contribution in [-0.4, -0.2) is 34.2 Å². The Bertz CT molecular complexity index is 595. The highest BCUT2D eigenvalue weighted by Crippen LogP contribution is 2.29. The van der Waals surface area contributed by atoms with Crippen LogP contribution in [0, 0.1) is 6.92 Å². The summed E-state index contributed by atoms with van der Waals surface area (Å²) in [5.74, 6) is -0.781. The number of anilines is 1. The monoisotopic (exact) mass is 332 g/mol. The lowest BCUT2D eigenvalue weighted by molar-refractivity contribution is -0.121. The van der Waals surface area contributed by atoms with Crippen molar-refractivity contribution < 1.29 is 31.1 Å². The predicted octanol–water partition coefficient (Wildman–Crippen LogP) is 1.65. The van der Waals surface area contributed by atoms with Crippen molar-refractivity contribution in [2.24, 2.45) is 0 Å². The Kier molecular flexibility index (Phi) is 5.00. The zero-order valence-electron chi connectivity index (χ0n) is 10.4. The molecule has 20 heavy (non-hydrogen) atoms. The van der Waals surface area contributed by atoms with Crippen LogP contribution in [0.5, 0.6) is 0 Å². The molecule has 0 aliphatic rings. The van der Waals surface area contributed by atoms with Crippen molar-refractivity contribution in [1.29, 1.82) is 0 Å². The fourth-order valence-corrected chi connectivity index (χ4v) is 3.11. The SMILES string of the molecule is COC(=O)c1scc(C)c1NS(=O)(=O)NCC(F)(F)F. The average Bonchev–Trinajstić information content (AvgIpc) is 2.67. The molecule has 0 amide bonds. The van der Waals surface area contributed by atoms with Crippen LogP contribution < -0.4 is 9.44 Å². The Morgan fingerprint density at radius 1 is 1.45 bits per heavy atom. The second-order valence-corrected chi connectivity index (χ2v) is 6.04. The number of aryl methyl sites for hydroxylation is 1. The summed E-state index contributed by atoms with van der Waals surface area (Å²) in [6.07, 6.45) is -4.68. The highest BCUT2D eigenvalue weighted by atomic mass is 32.2. The molecule has 11 heteroatoms. The maximum absolute atomic E-state index is 12.0. The number of halogens is 3. The third-order valence-corrected chi connectivity index (χ3v) is 4.12. The highest BCUT2D eigenvalue weighted by Gasteiger charge is 2.30. The summed E-state index contributed by atoms with van der Waals surface area (Å²) in [5.41, 5.74) is 0.296. The van der Waals surface area contributed by atoms with Gasteiger partial charge in [0.2, 0.25) is 0 Å². The van der Waals surface area contributed by atoms with Gasteiger partial charge < -0.3 is 4.74 Å². The summed E-state index contributed by atoms with van der Waals surface area (Å²) < 4.78 is 66.6. The van der Waals surface area contributed by atoms with Gasteiger partial charge in [0.15, 0.2) is 0 Å². The zero-order valence-corrected chi connectivity index (χ0v) is 12.0. The molecule has 0 aromatic carbocycles. The molecular formula is C9H11F3N2O4S2. The molecule has 0 fully saturated rings. The number of thiophene rings is 1. The van der Waals surface area contributed by atoms with E-state index in [2.05, 4.69) is 4.74 Å². The second-order valence-electron chi connectivity index (χ2n) is 3.66. The molecule has 0 saturated heterocycles. The van der Waals surface area contributed by atoms with Gasteiger partial charge >= 0.3 is 12.1 Å². The van der Waals surface area contributed by atoms with Crippen LogP contribution in [0.15, 0.2) is 5.38 Å². The first-order chi connectivity index (χ1) is 9.06. The van der Waals surface area contributed by atoms with E-state index >= 15 is 0 Å². The van der Waals surface area contributed by atoms with E-state index in [1.807, 2.05) is 4.72 Å². The molecule has 1 aromatic heterocycles. The fourth-order valence-electron chi connectivity index (χ4n) is 1.16. The van der Waals surface area contributed by atoms with Crippen molar-refractivity contribution in [2.45, 2.75) is 13.1 Å². The van der Waals surface area contributed by atoms with Crippen LogP contribution in [0.2, 0.25) is 0 Å². The van der Waals surface area contributed by atoms with Crippen LogP contribution in [-0.2, 0) is 14.9 Å². The third-order valence-electron chi connectivity index (χ3n) is 2.04. The summed E-state index contributed by atoms with van der Waals surface area (Å²) in [6.45, 7) is -0.205. The number of alkyl halides is 3. The van der Waals surface area contributed by atoms with Gasteiger partial charge in [-0.2, -0.15) is 26.3 Å². The van der Waals surface area contributed by atoms with E-state index in [1.165, 1.54) is 17.0 Å². The van der Waals surface area contributed by atoms with E-state index in [4.69, 9.17) is 0 Å². The van der Waals surface area contributed by atoms with Crippen molar-refractivity contribution in [3.05, 3.63) is 15.8 Å². The van der Waals surface area contributed by atoms with Crippen LogP contribution >= 0.6 is 11.3 Å². The molecule has 0 atom stereocenters. The standard InChI is InChI=1S/C9H11F3N2O4S2/c1-5-3-19-7(8(15)18-2)6(5)14-20(16,17)13-4-9(10,11)12/h3,13-14H,4H2,1-2H3. The topological polar surface area (TPSA) is 84.5 Å². The molecular weight excluding hydrogens is 321 g/mol. The number of carbonyl (C=O) groups is 1. The van der Waals surface area contributed by atoms with Crippen LogP contribution in [0.1, 0.15) is 15.2 Å². The molecule has 6 nitrogen and oxygen atoms in total. The van der Waals surface area contributed by atoms with Crippen LogP contribution in [0.3, 0.4) is 0 Å². The third kappa shape index (κ3) is 4.65. The molecule has 2 N–H and O–H groups in total. The van der Waals surface area contributed by atoms with Crippen molar-refractivity contribution in [3.63, 3.8) is 0 Å². The summed E-state index contributed by atoms with van der Waals surface area (Å²) in [6, 6.07) is 0. The summed E-state index contributed by atoms with van der Waals surface area (Å²) >= 11 is 0.922. The van der Waals surface area contributed by atoms with Crippen molar-refractivity contribution in [2.75, 3.05) is 18.4 Å². The van der Waals surface area contributed by atoms with E-state index < -0.39 is 28.9 Å². The first-order valence-corrected chi connectivity index (χ1v) is 7.42. The van der Waals surface area contributed by atoms with Gasteiger partial charge in [-0.15, -0.1) is 11.3 Å². The largest absolute Gasteiger partial charge is 0.465 e. The van der Waals surface area contributed by atoms with Crippen molar-refractivity contribution in [1.82, 2.24) is 4.72 Å². The lowest BCUT2D eigenvalue weighted by Gasteiger charge is -2.12. The number of carbonyl (C=O) groups excluding carboxylic acids is 1. The van der Waals surface area contributed by atoms with Gasteiger partial charge in [0.25, 0.3) is 10.2 Å². The smallest absolute Gasteiger partial charge is 0.402 e. The lowest BCUT2D eigenvalue weighted by atomic mass is 10.3. The maximum Gasteiger partial charge on any atom is 0.402 e. The summed E-state index contributed by atoms with van der Waals surface area (Å²) in [7, 11) is -3.34. The fraction of sp³-hybridized carbons (Fsp3) is 0.444. The number of hydrogen-bond donors (Lipinski definition) is 2. The molecule has 0 saturated carbocycles. The Labute approximate surface area is 117 Å². The highest BCUT2D eigenvalue weighted by molar-refractivity contribution is 7.90. The van der Waals surface area contributed by atoms with Crippen LogP contribution in [0.4, 0.5) is 18.9 Å². The number of esters is 1. The number of rotatable bonds is 5. The summed E-state index contributed by atoms with van der Waals surface area (Å²) in [4.78, 5) is 11.4. The molecule has 0 bridgehead atoms. The zero-order chi connectivity index (χ0) is 15.6. The molecule has 114 valence electrons. The minimum Gasteiger partial charge on any atom is -0.465 e. The molecule has 1 rings (SSSR count). The number of nitrogens with one attached hydrogen (secondary N) is 2. The molecule has 1 heterocycles. The van der Waals surface area contributed by atoms with Gasteiger partial charge in [-0.25, -0.2) is 4.79 Å². The van der Waals surface area contributed by atoms with Crippen molar-refractivity contribution in [3.8, 4) is 0 Å². The number of methoxy groups -OCH3 is 1. The van der Waals surface area contributed by atoms with Gasteiger partial charge in [0.1, 0.15) is 11.4 Å². The van der Waals surface area contributed by atoms with E-state index in [9.17, 15) is 26.4 Å². The Hall–Kier alpha value is -1.33. The van der Waals surface area contributed by atoms with E-state index in [-0.39, 0.29) is 10.6 Å². The molecule has 0 aliphatic heterocycles. The van der Waals surface area contributed by atoms with Gasteiger partial charge in [-0.1, -0.05) is 0 Å². The molecule has 0 unspecified atom stereocenters. The lowest BCUT2D eigenvalue weighted by Crippen LogP contribution is -2.37. The van der Waals surface area contributed by atoms with E-state index in [0.29, 0.717) is 5.56 Å². The molecule has 1 aromatic rings. The van der Waals surface area contributed by atoms with Crippen molar-refractivity contribution >= 4 is 33.2 Å². The minimum atomic E-state index is -4.68. The first kappa shape index (κ1) is 16.7. The van der Waals surface area contributed by atoms with E-state index in [0.717, 1.165) is 18.4 Å². The Balaban J connectivity index is 2.93. The van der Waals surface area contributed by atoms with Crippen LogP contribution in [0.25, 0.3) is 0 Å². The molecule has 0 aliphatic carbocycles. The number of ether oxygens (including phenoxy) is 1. The Morgan fingerprint density at radius 3 is 2.55 bits per heavy atom. The van der Waals surface area contributed by atoms with Gasteiger partial charge in [-0.3, -0.25) is 4.72 Å². The Morgan fingerprint density at radius 2 is 2.05 bits per heavy atom. The quantitative estimate of drug-likeness (QED) is 0.803. The van der Waals surface area contributed by atoms with Gasteiger partial charge in [-0.05, 0) is 17.9 Å². The number of hydrogen-bond acceptors (Lipinski definition) is 5. The first-order valence-electron chi connectivity index (χ1n) is 5.06. The maximum atomic E-state index is 12.0. The second kappa shape index (κ2) is 5.97. The predicted molar refractivity (Wildman–Crippen MR) is 67.0 cm³/mol. The van der Waals surface area contributed by atoms with Gasteiger partial charge in [0.05, 0.1) is 12.8 Å². The normalized spacial score (nSPS) is 12.2. The van der Waals surface area contributed by atoms with E-state index in [1.54, 1.807) is 0 Å². The molecule has 0 radical (unpaired) electrons. The average molecular weight is 332 g/mol. The summed E-state index contributed by atoms with van der Waals surface area (Å²) in [5, 5.41) is 1.48. The van der Waals surface area contributed by atoms with Gasteiger partial charge in [0, 0.05) is 0 Å².